The van der Waals surface area contributed by atoms with Crippen LogP contribution in [-0.2, 0) is 4.74 Å². The summed E-state index contributed by atoms with van der Waals surface area (Å²) in [5.74, 6) is 0.394. The van der Waals surface area contributed by atoms with Gasteiger partial charge in [-0.3, -0.25) is 0 Å². The van der Waals surface area contributed by atoms with Crippen molar-refractivity contribution in [1.82, 2.24) is 5.32 Å². The van der Waals surface area contributed by atoms with Crippen LogP contribution in [0.25, 0.3) is 0 Å². The van der Waals surface area contributed by atoms with Gasteiger partial charge in [-0.1, -0.05) is 18.0 Å². The molecule has 1 saturated carbocycles. The molecule has 1 fully saturated rings. The van der Waals surface area contributed by atoms with Crippen molar-refractivity contribution in [2.24, 2.45) is 5.92 Å². The molecule has 2 rings (SSSR count). The average molecular weight is 404 g/mol. The van der Waals surface area contributed by atoms with Gasteiger partial charge in [-0.15, -0.1) is 0 Å². The average Bonchev–Trinajstić information content (AvgIpc) is 2.85. The minimum Gasteiger partial charge on any atom is -0.444 e. The second-order valence-electron chi connectivity index (χ2n) is 6.95. The summed E-state index contributed by atoms with van der Waals surface area (Å²) in [6.45, 7) is 6.22. The van der Waals surface area contributed by atoms with Crippen molar-refractivity contribution >= 4 is 39.3 Å². The van der Waals surface area contributed by atoms with E-state index in [9.17, 15) is 4.79 Å². The van der Waals surface area contributed by atoms with Crippen molar-refractivity contribution in [3.8, 4) is 0 Å². The van der Waals surface area contributed by atoms with E-state index in [1.165, 1.54) is 0 Å². The molecule has 4 nitrogen and oxygen atoms in total. The van der Waals surface area contributed by atoms with Gasteiger partial charge in [0, 0.05) is 27.8 Å². The van der Waals surface area contributed by atoms with Gasteiger partial charge in [0.2, 0.25) is 0 Å². The first-order valence-electron chi connectivity index (χ1n) is 7.93. The van der Waals surface area contributed by atoms with Crippen molar-refractivity contribution < 1.29 is 9.53 Å². The lowest BCUT2D eigenvalue weighted by molar-refractivity contribution is 0.0519. The van der Waals surface area contributed by atoms with Crippen LogP contribution in [0.15, 0.2) is 22.7 Å². The van der Waals surface area contributed by atoms with Crippen LogP contribution in [0.4, 0.5) is 10.5 Å². The zero-order chi connectivity index (χ0) is 17.0. The summed E-state index contributed by atoms with van der Waals surface area (Å²) in [5.41, 5.74) is 0.564. The molecule has 0 bridgehead atoms. The molecule has 6 heteroatoms. The number of hydrogen-bond donors (Lipinski definition) is 2. The van der Waals surface area contributed by atoms with Gasteiger partial charge >= 0.3 is 6.09 Å². The van der Waals surface area contributed by atoms with E-state index >= 15 is 0 Å². The maximum absolute atomic E-state index is 11.8. The summed E-state index contributed by atoms with van der Waals surface area (Å²) in [6, 6.07) is 6.07. The number of alkyl carbamates (subject to hydrolysis) is 1. The number of carbonyl (C=O) groups excluding carboxylic acids is 1. The molecule has 2 N–H and O–H groups in total. The van der Waals surface area contributed by atoms with Gasteiger partial charge in [-0.25, -0.2) is 4.79 Å². The Labute approximate surface area is 151 Å². The van der Waals surface area contributed by atoms with Gasteiger partial charge in [0.15, 0.2) is 0 Å². The molecule has 23 heavy (non-hydrogen) atoms. The van der Waals surface area contributed by atoms with E-state index in [1.54, 1.807) is 0 Å². The molecule has 0 spiro atoms. The van der Waals surface area contributed by atoms with E-state index in [0.717, 1.165) is 29.4 Å². The van der Waals surface area contributed by atoms with E-state index in [2.05, 4.69) is 26.6 Å². The Kier molecular flexibility index (Phi) is 6.20. The molecule has 1 amide bonds. The first-order valence-corrected chi connectivity index (χ1v) is 9.10. The first kappa shape index (κ1) is 18.4. The number of halogens is 2. The number of nitrogens with one attached hydrogen (secondary N) is 2. The fraction of sp³-hybridized carbons (Fsp3) is 0.588. The maximum Gasteiger partial charge on any atom is 0.407 e. The van der Waals surface area contributed by atoms with Crippen molar-refractivity contribution in [1.29, 1.82) is 0 Å². The predicted octanol–water partition coefficient (Wildman–Crippen LogP) is 5.21. The Morgan fingerprint density at radius 3 is 2.78 bits per heavy atom. The molecule has 0 aromatic heterocycles. The van der Waals surface area contributed by atoms with Gasteiger partial charge in [0.25, 0.3) is 0 Å². The molecule has 0 heterocycles. The van der Waals surface area contributed by atoms with Gasteiger partial charge in [-0.05, 0) is 73.7 Å². The van der Waals surface area contributed by atoms with Gasteiger partial charge in [-0.2, -0.15) is 0 Å². The zero-order valence-corrected chi connectivity index (χ0v) is 16.1. The van der Waals surface area contributed by atoms with E-state index in [-0.39, 0.29) is 6.09 Å². The minimum absolute atomic E-state index is 0.336. The van der Waals surface area contributed by atoms with Crippen molar-refractivity contribution in [3.05, 3.63) is 27.7 Å². The minimum atomic E-state index is -0.467. The SMILES string of the molecule is CC(C)(C)OC(=O)NCC1CCCC1Nc1ccc(Cl)cc1Br. The largest absolute Gasteiger partial charge is 0.444 e. The Morgan fingerprint density at radius 1 is 1.39 bits per heavy atom. The highest BCUT2D eigenvalue weighted by molar-refractivity contribution is 9.10. The van der Waals surface area contributed by atoms with E-state index in [4.69, 9.17) is 16.3 Å². The number of hydrogen-bond acceptors (Lipinski definition) is 3. The molecule has 2 atom stereocenters. The molecule has 1 aliphatic rings. The Bertz CT molecular complexity index is 560. The standard InChI is InChI=1S/C17H24BrClN2O2/c1-17(2,3)23-16(22)20-10-11-5-4-6-14(11)21-15-8-7-12(19)9-13(15)18/h7-9,11,14,21H,4-6,10H2,1-3H3,(H,20,22). The van der Waals surface area contributed by atoms with Crippen LogP contribution < -0.4 is 10.6 Å². The number of benzene rings is 1. The lowest BCUT2D eigenvalue weighted by Crippen LogP contribution is -2.38. The second-order valence-corrected chi connectivity index (χ2v) is 8.24. The number of anilines is 1. The Hall–Kier alpha value is -0.940. The molecular formula is C17H24BrClN2O2. The number of carbonyl (C=O) groups is 1. The zero-order valence-electron chi connectivity index (χ0n) is 13.8. The summed E-state index contributed by atoms with van der Waals surface area (Å²) in [4.78, 5) is 11.8. The van der Waals surface area contributed by atoms with Crippen molar-refractivity contribution in [2.45, 2.75) is 51.7 Å². The van der Waals surface area contributed by atoms with Crippen LogP contribution in [-0.4, -0.2) is 24.3 Å². The monoisotopic (exact) mass is 402 g/mol. The lowest BCUT2D eigenvalue weighted by atomic mass is 10.0. The molecule has 0 saturated heterocycles. The molecule has 128 valence electrons. The van der Waals surface area contributed by atoms with E-state index in [0.29, 0.717) is 23.5 Å². The molecule has 1 aromatic rings. The van der Waals surface area contributed by atoms with Gasteiger partial charge in [0.1, 0.15) is 5.60 Å². The quantitative estimate of drug-likeness (QED) is 0.725. The number of amides is 1. The molecule has 1 aliphatic carbocycles. The van der Waals surface area contributed by atoms with E-state index < -0.39 is 5.60 Å². The summed E-state index contributed by atoms with van der Waals surface area (Å²) in [5, 5.41) is 7.15. The molecule has 0 aliphatic heterocycles. The smallest absolute Gasteiger partial charge is 0.407 e. The normalized spacial score (nSPS) is 21.1. The third kappa shape index (κ3) is 5.88. The maximum atomic E-state index is 11.8. The van der Waals surface area contributed by atoms with E-state index in [1.807, 2.05) is 39.0 Å². The van der Waals surface area contributed by atoms with Crippen LogP contribution in [0, 0.1) is 5.92 Å². The lowest BCUT2D eigenvalue weighted by Gasteiger charge is -2.24. The summed E-state index contributed by atoms with van der Waals surface area (Å²) >= 11 is 9.51. The summed E-state index contributed by atoms with van der Waals surface area (Å²) in [7, 11) is 0. The van der Waals surface area contributed by atoms with Gasteiger partial charge < -0.3 is 15.4 Å². The highest BCUT2D eigenvalue weighted by Gasteiger charge is 2.28. The number of ether oxygens (including phenoxy) is 1. The fourth-order valence-electron chi connectivity index (χ4n) is 2.81. The van der Waals surface area contributed by atoms with Crippen LogP contribution in [0.1, 0.15) is 40.0 Å². The highest BCUT2D eigenvalue weighted by Crippen LogP contribution is 2.32. The first-order chi connectivity index (χ1) is 10.7. The van der Waals surface area contributed by atoms with Crippen LogP contribution >= 0.6 is 27.5 Å². The molecular weight excluding hydrogens is 380 g/mol. The van der Waals surface area contributed by atoms with Crippen LogP contribution in [0.5, 0.6) is 0 Å². The van der Waals surface area contributed by atoms with Gasteiger partial charge in [0.05, 0.1) is 0 Å². The Balaban J connectivity index is 1.89. The fourth-order valence-corrected chi connectivity index (χ4v) is 3.60. The number of rotatable bonds is 4. The topological polar surface area (TPSA) is 50.4 Å². The summed E-state index contributed by atoms with van der Waals surface area (Å²) < 4.78 is 6.25. The van der Waals surface area contributed by atoms with Crippen molar-refractivity contribution in [3.63, 3.8) is 0 Å². The molecule has 2 unspecified atom stereocenters. The Morgan fingerprint density at radius 2 is 2.13 bits per heavy atom. The third-order valence-electron chi connectivity index (χ3n) is 3.84. The second kappa shape index (κ2) is 7.75. The molecule has 0 radical (unpaired) electrons. The predicted molar refractivity (Wildman–Crippen MR) is 98.1 cm³/mol. The summed E-state index contributed by atoms with van der Waals surface area (Å²) in [6.07, 6.45) is 2.99. The third-order valence-corrected chi connectivity index (χ3v) is 4.73. The van der Waals surface area contributed by atoms with Crippen LogP contribution in [0.2, 0.25) is 5.02 Å². The van der Waals surface area contributed by atoms with Crippen molar-refractivity contribution in [2.75, 3.05) is 11.9 Å². The highest BCUT2D eigenvalue weighted by atomic mass is 79.9. The van der Waals surface area contributed by atoms with Crippen LogP contribution in [0.3, 0.4) is 0 Å². The molecule has 1 aromatic carbocycles.